The number of hydrogen-bond acceptors (Lipinski definition) is 3. The molecule has 1 heterocycles. The number of aromatic nitrogens is 3. The van der Waals surface area contributed by atoms with Crippen LogP contribution in [0.3, 0.4) is 0 Å². The van der Waals surface area contributed by atoms with Crippen molar-refractivity contribution in [3.8, 4) is 22.4 Å². The summed E-state index contributed by atoms with van der Waals surface area (Å²) in [6.45, 7) is 6.60. The highest BCUT2D eigenvalue weighted by Gasteiger charge is 2.15. The van der Waals surface area contributed by atoms with Crippen molar-refractivity contribution in [1.29, 1.82) is 0 Å². The first kappa shape index (κ1) is 15.9. The zero-order valence-corrected chi connectivity index (χ0v) is 14.0. The van der Waals surface area contributed by atoms with Gasteiger partial charge in [0.05, 0.1) is 0 Å². The molecule has 1 aromatic heterocycles. The number of aromatic amines is 1. The van der Waals surface area contributed by atoms with Crippen molar-refractivity contribution in [2.45, 2.75) is 26.2 Å². The molecule has 0 unspecified atom stereocenters. The average Bonchev–Trinajstić information content (AvgIpc) is 3.04. The molecule has 0 aliphatic rings. The van der Waals surface area contributed by atoms with E-state index in [9.17, 15) is 4.79 Å². The zero-order chi connectivity index (χ0) is 17.3. The molecule has 0 aliphatic heterocycles. The molecule has 0 aliphatic carbocycles. The highest BCUT2D eigenvalue weighted by atomic mass is 16.1. The predicted molar refractivity (Wildman–Crippen MR) is 94.5 cm³/mol. The van der Waals surface area contributed by atoms with E-state index in [0.29, 0.717) is 5.69 Å². The minimum Gasteiger partial charge on any atom is -0.364 e. The minimum atomic E-state index is -0.597. The maximum absolute atomic E-state index is 11.4. The van der Waals surface area contributed by atoms with Crippen LogP contribution in [0.25, 0.3) is 22.4 Å². The lowest BCUT2D eigenvalue weighted by molar-refractivity contribution is 0.0996. The van der Waals surface area contributed by atoms with Crippen LogP contribution in [0.15, 0.2) is 48.5 Å². The first-order valence-corrected chi connectivity index (χ1v) is 7.78. The van der Waals surface area contributed by atoms with Crippen molar-refractivity contribution >= 4 is 5.91 Å². The Labute approximate surface area is 140 Å². The van der Waals surface area contributed by atoms with Crippen LogP contribution in [0.4, 0.5) is 0 Å². The number of nitrogens with zero attached hydrogens (tertiary/aromatic N) is 2. The molecule has 5 nitrogen and oxygen atoms in total. The van der Waals surface area contributed by atoms with Crippen LogP contribution < -0.4 is 5.73 Å². The summed E-state index contributed by atoms with van der Waals surface area (Å²) in [4.78, 5) is 11.4. The third-order valence-electron chi connectivity index (χ3n) is 4.02. The molecule has 0 spiro atoms. The first-order chi connectivity index (χ1) is 11.4. The van der Waals surface area contributed by atoms with Gasteiger partial charge in [-0.2, -0.15) is 15.4 Å². The Balaban J connectivity index is 1.90. The van der Waals surface area contributed by atoms with Crippen molar-refractivity contribution in [3.05, 3.63) is 59.8 Å². The molecular weight excluding hydrogens is 300 g/mol. The van der Waals surface area contributed by atoms with E-state index in [0.717, 1.165) is 16.7 Å². The quantitative estimate of drug-likeness (QED) is 0.774. The fourth-order valence-electron chi connectivity index (χ4n) is 2.59. The van der Waals surface area contributed by atoms with E-state index in [4.69, 9.17) is 5.73 Å². The topological polar surface area (TPSA) is 84.7 Å². The largest absolute Gasteiger partial charge is 0.364 e. The van der Waals surface area contributed by atoms with Gasteiger partial charge in [-0.1, -0.05) is 69.3 Å². The van der Waals surface area contributed by atoms with E-state index in [1.165, 1.54) is 5.56 Å². The van der Waals surface area contributed by atoms with Gasteiger partial charge in [-0.25, -0.2) is 0 Å². The SMILES string of the molecule is CC(C)(C)c1ccc(-c2ccc(-c3n[nH]nc3C(N)=O)cc2)cc1. The van der Waals surface area contributed by atoms with E-state index in [2.05, 4.69) is 60.4 Å². The first-order valence-electron chi connectivity index (χ1n) is 7.78. The number of hydrogen-bond donors (Lipinski definition) is 2. The monoisotopic (exact) mass is 320 g/mol. The number of primary amides is 1. The van der Waals surface area contributed by atoms with E-state index < -0.39 is 5.91 Å². The van der Waals surface area contributed by atoms with Crippen LogP contribution in [0.5, 0.6) is 0 Å². The summed E-state index contributed by atoms with van der Waals surface area (Å²) < 4.78 is 0. The van der Waals surface area contributed by atoms with Gasteiger partial charge in [-0.05, 0) is 22.1 Å². The van der Waals surface area contributed by atoms with Gasteiger partial charge < -0.3 is 5.73 Å². The summed E-state index contributed by atoms with van der Waals surface area (Å²) in [7, 11) is 0. The molecule has 2 aromatic carbocycles. The van der Waals surface area contributed by atoms with Gasteiger partial charge in [0.25, 0.3) is 5.91 Å². The number of nitrogens with two attached hydrogens (primary N) is 1. The highest BCUT2D eigenvalue weighted by Crippen LogP contribution is 2.28. The van der Waals surface area contributed by atoms with Gasteiger partial charge in [0.1, 0.15) is 5.69 Å². The summed E-state index contributed by atoms with van der Waals surface area (Å²) in [5.74, 6) is -0.597. The Morgan fingerprint density at radius 1 is 0.875 bits per heavy atom. The molecule has 5 heteroatoms. The van der Waals surface area contributed by atoms with E-state index in [-0.39, 0.29) is 11.1 Å². The Morgan fingerprint density at radius 3 is 1.88 bits per heavy atom. The molecule has 3 rings (SSSR count). The second kappa shape index (κ2) is 5.92. The summed E-state index contributed by atoms with van der Waals surface area (Å²) in [6, 6.07) is 16.4. The second-order valence-electron chi connectivity index (χ2n) is 6.79. The third kappa shape index (κ3) is 3.06. The van der Waals surface area contributed by atoms with Gasteiger partial charge in [0.15, 0.2) is 5.69 Å². The molecule has 3 aromatic rings. The van der Waals surface area contributed by atoms with Crippen molar-refractivity contribution in [2.75, 3.05) is 0 Å². The summed E-state index contributed by atoms with van der Waals surface area (Å²) in [6.07, 6.45) is 0. The van der Waals surface area contributed by atoms with Crippen molar-refractivity contribution < 1.29 is 4.79 Å². The van der Waals surface area contributed by atoms with Crippen LogP contribution >= 0.6 is 0 Å². The molecule has 0 saturated heterocycles. The maximum atomic E-state index is 11.4. The number of benzene rings is 2. The van der Waals surface area contributed by atoms with E-state index >= 15 is 0 Å². The predicted octanol–water partition coefficient (Wildman–Crippen LogP) is 3.54. The molecule has 122 valence electrons. The number of carbonyl (C=O) groups is 1. The molecule has 0 bridgehead atoms. The van der Waals surface area contributed by atoms with Crippen molar-refractivity contribution in [3.63, 3.8) is 0 Å². The zero-order valence-electron chi connectivity index (χ0n) is 14.0. The van der Waals surface area contributed by atoms with Gasteiger partial charge in [0.2, 0.25) is 0 Å². The van der Waals surface area contributed by atoms with Crippen LogP contribution in [0.1, 0.15) is 36.8 Å². The Bertz CT molecular complexity index is 856. The second-order valence-corrected chi connectivity index (χ2v) is 6.79. The van der Waals surface area contributed by atoms with Gasteiger partial charge in [-0.3, -0.25) is 4.79 Å². The lowest BCUT2D eigenvalue weighted by atomic mass is 9.86. The molecule has 1 amide bonds. The molecule has 3 N–H and O–H groups in total. The Hall–Kier alpha value is -2.95. The Kier molecular flexibility index (Phi) is 3.93. The number of rotatable bonds is 3. The van der Waals surface area contributed by atoms with E-state index in [1.54, 1.807) is 0 Å². The summed E-state index contributed by atoms with van der Waals surface area (Å²) in [5.41, 5.74) is 10.4. The number of nitrogens with one attached hydrogen (secondary N) is 1. The fraction of sp³-hybridized carbons (Fsp3) is 0.211. The lowest BCUT2D eigenvalue weighted by Gasteiger charge is -2.19. The molecule has 0 radical (unpaired) electrons. The number of carbonyl (C=O) groups excluding carboxylic acids is 1. The van der Waals surface area contributed by atoms with Crippen molar-refractivity contribution in [2.24, 2.45) is 5.73 Å². The molecule has 0 fully saturated rings. The van der Waals surface area contributed by atoms with Gasteiger partial charge in [0, 0.05) is 5.56 Å². The summed E-state index contributed by atoms with van der Waals surface area (Å²) >= 11 is 0. The molecule has 0 atom stereocenters. The smallest absolute Gasteiger partial charge is 0.271 e. The Morgan fingerprint density at radius 2 is 1.38 bits per heavy atom. The fourth-order valence-corrected chi connectivity index (χ4v) is 2.59. The third-order valence-corrected chi connectivity index (χ3v) is 4.02. The van der Waals surface area contributed by atoms with Gasteiger partial charge in [-0.15, -0.1) is 0 Å². The van der Waals surface area contributed by atoms with Gasteiger partial charge >= 0.3 is 0 Å². The maximum Gasteiger partial charge on any atom is 0.271 e. The van der Waals surface area contributed by atoms with Crippen LogP contribution in [-0.2, 0) is 5.41 Å². The van der Waals surface area contributed by atoms with Crippen molar-refractivity contribution in [1.82, 2.24) is 15.4 Å². The van der Waals surface area contributed by atoms with Crippen LogP contribution in [0.2, 0.25) is 0 Å². The number of H-pyrrole nitrogens is 1. The van der Waals surface area contributed by atoms with E-state index in [1.807, 2.05) is 24.3 Å². The summed E-state index contributed by atoms with van der Waals surface area (Å²) in [5, 5.41) is 10.3. The number of amides is 1. The highest BCUT2D eigenvalue weighted by molar-refractivity contribution is 5.96. The normalized spacial score (nSPS) is 11.5. The molecule has 0 saturated carbocycles. The standard InChI is InChI=1S/C19H20N4O/c1-19(2,3)15-10-8-13(9-11-15)12-4-6-14(7-5-12)16-17(18(20)24)22-23-21-16/h4-11H,1-3H3,(H2,20,24)(H,21,22,23). The molecular formula is C19H20N4O. The van der Waals surface area contributed by atoms with Crippen LogP contribution in [-0.4, -0.2) is 21.3 Å². The minimum absolute atomic E-state index is 0.139. The molecule has 24 heavy (non-hydrogen) atoms. The van der Waals surface area contributed by atoms with Crippen LogP contribution in [0, 0.1) is 0 Å². The lowest BCUT2D eigenvalue weighted by Crippen LogP contribution is -2.12. The average molecular weight is 320 g/mol.